The second-order valence-corrected chi connectivity index (χ2v) is 3.79. The fourth-order valence-corrected chi connectivity index (χ4v) is 1.66. The van der Waals surface area contributed by atoms with Gasteiger partial charge in [0.15, 0.2) is 0 Å². The summed E-state index contributed by atoms with van der Waals surface area (Å²) in [6.45, 7) is 5.08. The van der Waals surface area contributed by atoms with Crippen molar-refractivity contribution in [3.63, 3.8) is 0 Å². The van der Waals surface area contributed by atoms with Gasteiger partial charge in [0, 0.05) is 26.7 Å². The third-order valence-electron chi connectivity index (χ3n) is 2.49. The van der Waals surface area contributed by atoms with E-state index in [0.29, 0.717) is 13.1 Å². The maximum absolute atomic E-state index is 11.5. The van der Waals surface area contributed by atoms with Gasteiger partial charge in [-0.15, -0.1) is 6.58 Å². The predicted molar refractivity (Wildman–Crippen MR) is 55.4 cm³/mol. The topological polar surface area (TPSA) is 60.9 Å². The Morgan fingerprint density at radius 1 is 1.67 bits per heavy atom. The van der Waals surface area contributed by atoms with Crippen molar-refractivity contribution in [3.05, 3.63) is 12.7 Å². The summed E-state index contributed by atoms with van der Waals surface area (Å²) in [4.78, 5) is 25.7. The zero-order chi connectivity index (χ0) is 11.4. The Morgan fingerprint density at radius 2 is 2.33 bits per heavy atom. The number of hydrogen-bond acceptors (Lipinski definition) is 3. The van der Waals surface area contributed by atoms with Gasteiger partial charge in [-0.05, 0) is 0 Å². The Kier molecular flexibility index (Phi) is 3.85. The monoisotopic (exact) mass is 212 g/mol. The van der Waals surface area contributed by atoms with Crippen molar-refractivity contribution in [1.29, 1.82) is 0 Å². The van der Waals surface area contributed by atoms with Crippen LogP contribution < -0.4 is 0 Å². The molecule has 5 nitrogen and oxygen atoms in total. The Balaban J connectivity index is 2.74. The van der Waals surface area contributed by atoms with Crippen LogP contribution in [0.4, 0.5) is 0 Å². The third-order valence-corrected chi connectivity index (χ3v) is 2.49. The minimum atomic E-state index is -0.856. The van der Waals surface area contributed by atoms with Crippen molar-refractivity contribution in [3.8, 4) is 0 Å². The van der Waals surface area contributed by atoms with E-state index in [1.807, 2.05) is 0 Å². The van der Waals surface area contributed by atoms with Crippen LogP contribution in [0, 0.1) is 5.92 Å². The van der Waals surface area contributed by atoms with E-state index in [2.05, 4.69) is 6.58 Å². The highest BCUT2D eigenvalue weighted by Gasteiger charge is 2.29. The molecular formula is C10H16N2O3. The van der Waals surface area contributed by atoms with Crippen molar-refractivity contribution < 1.29 is 14.7 Å². The molecule has 1 heterocycles. The van der Waals surface area contributed by atoms with E-state index in [1.165, 1.54) is 4.90 Å². The number of amides is 1. The van der Waals surface area contributed by atoms with Gasteiger partial charge in [0.2, 0.25) is 5.91 Å². The molecule has 1 aliphatic rings. The Labute approximate surface area is 89.0 Å². The molecule has 1 amide bonds. The minimum Gasteiger partial charge on any atom is -0.481 e. The first-order chi connectivity index (χ1) is 7.04. The van der Waals surface area contributed by atoms with E-state index in [1.54, 1.807) is 18.0 Å². The molecule has 15 heavy (non-hydrogen) atoms. The van der Waals surface area contributed by atoms with Crippen LogP contribution >= 0.6 is 0 Å². The number of aliphatic carboxylic acids is 1. The molecule has 1 rings (SSSR count). The highest BCUT2D eigenvalue weighted by Crippen LogP contribution is 2.09. The van der Waals surface area contributed by atoms with Gasteiger partial charge >= 0.3 is 5.97 Å². The molecule has 0 spiro atoms. The fraction of sp³-hybridized carbons (Fsp3) is 0.600. The molecule has 0 aliphatic carbocycles. The largest absolute Gasteiger partial charge is 0.481 e. The van der Waals surface area contributed by atoms with Crippen LogP contribution in [0.5, 0.6) is 0 Å². The normalized spacial score (nSPS) is 23.7. The van der Waals surface area contributed by atoms with Gasteiger partial charge in [-0.25, -0.2) is 0 Å². The van der Waals surface area contributed by atoms with Crippen LogP contribution in [0.3, 0.4) is 0 Å². The first kappa shape index (κ1) is 11.7. The highest BCUT2D eigenvalue weighted by molar-refractivity contribution is 5.80. The fourth-order valence-electron chi connectivity index (χ4n) is 1.66. The van der Waals surface area contributed by atoms with Gasteiger partial charge in [-0.3, -0.25) is 14.5 Å². The van der Waals surface area contributed by atoms with E-state index in [9.17, 15) is 9.59 Å². The van der Waals surface area contributed by atoms with Crippen LogP contribution in [0.15, 0.2) is 12.7 Å². The molecule has 84 valence electrons. The molecule has 1 aliphatic heterocycles. The zero-order valence-corrected chi connectivity index (χ0v) is 8.85. The SMILES string of the molecule is C=CCN1CC(=O)N(C)CC(C(=O)O)C1. The lowest BCUT2D eigenvalue weighted by Gasteiger charge is -2.18. The standard InChI is InChI=1S/C10H16N2O3/c1-3-4-12-6-8(10(14)15)5-11(2)9(13)7-12/h3,8H,1,4-7H2,2H3,(H,14,15). The van der Waals surface area contributed by atoms with Gasteiger partial charge in [-0.1, -0.05) is 6.08 Å². The summed E-state index contributed by atoms with van der Waals surface area (Å²) in [6, 6.07) is 0. The lowest BCUT2D eigenvalue weighted by Crippen LogP contribution is -2.34. The number of likely N-dealkylation sites (N-methyl/N-ethyl adjacent to an activating group) is 1. The molecular weight excluding hydrogens is 196 g/mol. The number of carbonyl (C=O) groups excluding carboxylic acids is 1. The number of hydrogen-bond donors (Lipinski definition) is 1. The molecule has 5 heteroatoms. The summed E-state index contributed by atoms with van der Waals surface area (Å²) in [6.07, 6.45) is 1.68. The first-order valence-electron chi connectivity index (χ1n) is 4.84. The summed E-state index contributed by atoms with van der Waals surface area (Å²) in [5.41, 5.74) is 0. The lowest BCUT2D eigenvalue weighted by molar-refractivity contribution is -0.142. The molecule has 1 saturated heterocycles. The third kappa shape index (κ3) is 3.06. The van der Waals surface area contributed by atoms with Crippen LogP contribution in [0.1, 0.15) is 0 Å². The summed E-state index contributed by atoms with van der Waals surface area (Å²) < 4.78 is 0. The van der Waals surface area contributed by atoms with E-state index in [-0.39, 0.29) is 19.0 Å². The molecule has 0 aromatic rings. The molecule has 0 saturated carbocycles. The number of rotatable bonds is 3. The number of carboxylic acid groups (broad SMARTS) is 1. The molecule has 1 fully saturated rings. The van der Waals surface area contributed by atoms with Gasteiger partial charge in [0.05, 0.1) is 12.5 Å². The summed E-state index contributed by atoms with van der Waals surface area (Å²) >= 11 is 0. The Hall–Kier alpha value is -1.36. The second kappa shape index (κ2) is 4.93. The van der Waals surface area contributed by atoms with Crippen LogP contribution in [0.25, 0.3) is 0 Å². The van der Waals surface area contributed by atoms with Crippen LogP contribution in [-0.2, 0) is 9.59 Å². The van der Waals surface area contributed by atoms with Crippen molar-refractivity contribution >= 4 is 11.9 Å². The molecule has 0 radical (unpaired) electrons. The minimum absolute atomic E-state index is 0.0411. The molecule has 1 unspecified atom stereocenters. The summed E-state index contributed by atoms with van der Waals surface area (Å²) in [7, 11) is 1.63. The van der Waals surface area contributed by atoms with E-state index < -0.39 is 11.9 Å². The highest BCUT2D eigenvalue weighted by atomic mass is 16.4. The number of carboxylic acids is 1. The van der Waals surface area contributed by atoms with E-state index in [4.69, 9.17) is 5.11 Å². The molecule has 1 N–H and O–H groups in total. The van der Waals surface area contributed by atoms with Crippen molar-refractivity contribution in [2.24, 2.45) is 5.92 Å². The number of carbonyl (C=O) groups is 2. The van der Waals surface area contributed by atoms with Crippen molar-refractivity contribution in [2.45, 2.75) is 0 Å². The van der Waals surface area contributed by atoms with E-state index in [0.717, 1.165) is 0 Å². The zero-order valence-electron chi connectivity index (χ0n) is 8.85. The van der Waals surface area contributed by atoms with Gasteiger partial charge < -0.3 is 10.0 Å². The lowest BCUT2D eigenvalue weighted by atomic mass is 10.1. The Bertz CT molecular complexity index is 278. The van der Waals surface area contributed by atoms with Crippen LogP contribution in [-0.4, -0.2) is 60.0 Å². The Morgan fingerprint density at radius 3 is 2.87 bits per heavy atom. The summed E-state index contributed by atoms with van der Waals surface area (Å²) in [5, 5.41) is 8.96. The van der Waals surface area contributed by atoms with Gasteiger partial charge in [-0.2, -0.15) is 0 Å². The average molecular weight is 212 g/mol. The van der Waals surface area contributed by atoms with Crippen molar-refractivity contribution in [2.75, 3.05) is 33.2 Å². The molecule has 0 bridgehead atoms. The predicted octanol–water partition coefficient (Wildman–Crippen LogP) is -0.353. The summed E-state index contributed by atoms with van der Waals surface area (Å²) in [5.74, 6) is -1.41. The van der Waals surface area contributed by atoms with E-state index >= 15 is 0 Å². The maximum atomic E-state index is 11.5. The molecule has 0 aromatic heterocycles. The quantitative estimate of drug-likeness (QED) is 0.649. The smallest absolute Gasteiger partial charge is 0.309 e. The first-order valence-corrected chi connectivity index (χ1v) is 4.84. The van der Waals surface area contributed by atoms with Gasteiger partial charge in [0.1, 0.15) is 0 Å². The second-order valence-electron chi connectivity index (χ2n) is 3.79. The molecule has 1 atom stereocenters. The number of nitrogens with zero attached hydrogens (tertiary/aromatic N) is 2. The van der Waals surface area contributed by atoms with Gasteiger partial charge in [0.25, 0.3) is 0 Å². The van der Waals surface area contributed by atoms with Crippen molar-refractivity contribution in [1.82, 2.24) is 9.80 Å². The average Bonchev–Trinajstić information content (AvgIpc) is 2.28. The maximum Gasteiger partial charge on any atom is 0.309 e. The molecule has 0 aromatic carbocycles. The van der Waals surface area contributed by atoms with Crippen LogP contribution in [0.2, 0.25) is 0 Å².